The maximum Gasteiger partial charge on any atom is 0.274 e. The monoisotopic (exact) mass is 330 g/mol. The second-order valence-electron chi connectivity index (χ2n) is 4.06. The number of ether oxygens (including phenoxy) is 1. The first kappa shape index (κ1) is 15.6. The minimum Gasteiger partial charge on any atom is -0.383 e. The van der Waals surface area contributed by atoms with Crippen molar-refractivity contribution in [3.8, 4) is 0 Å². The molecular weight excluding hydrogens is 316 g/mol. The lowest BCUT2D eigenvalue weighted by molar-refractivity contribution is -0.385. The third-order valence-electron chi connectivity index (χ3n) is 2.48. The number of nitrogens with zero attached hydrogens (tertiary/aromatic N) is 1. The van der Waals surface area contributed by atoms with E-state index >= 15 is 0 Å². The minimum atomic E-state index is -0.494. The fraction of sp³-hybridized carbons (Fsp3) is 0.417. The molecule has 0 saturated carbocycles. The highest BCUT2D eigenvalue weighted by Gasteiger charge is 2.17. The van der Waals surface area contributed by atoms with E-state index in [4.69, 9.17) is 4.74 Å². The van der Waals surface area contributed by atoms with Crippen LogP contribution in [0.15, 0.2) is 18.2 Å². The molecule has 1 unspecified atom stereocenters. The van der Waals surface area contributed by atoms with Crippen molar-refractivity contribution < 1.29 is 14.5 Å². The molecule has 104 valence electrons. The number of halogens is 1. The van der Waals surface area contributed by atoms with Gasteiger partial charge in [0.1, 0.15) is 0 Å². The highest BCUT2D eigenvalue weighted by atomic mass is 79.9. The standard InChI is InChI=1S/C12H15BrN2O4/c1-8(7-19-2)14-12(16)9-3-4-10(6-13)11(5-9)15(17)18/h3-5,8H,6-7H2,1-2H3,(H,14,16). The molecule has 0 saturated heterocycles. The van der Waals surface area contributed by atoms with Crippen molar-refractivity contribution in [2.24, 2.45) is 0 Å². The Balaban J connectivity index is 2.92. The van der Waals surface area contributed by atoms with Crippen LogP contribution in [0.3, 0.4) is 0 Å². The van der Waals surface area contributed by atoms with Gasteiger partial charge in [0, 0.05) is 35.7 Å². The fourth-order valence-corrected chi connectivity index (χ4v) is 2.06. The van der Waals surface area contributed by atoms with E-state index < -0.39 is 4.92 Å². The average Bonchev–Trinajstić information content (AvgIpc) is 2.37. The number of carbonyl (C=O) groups is 1. The molecule has 1 rings (SSSR count). The molecule has 1 N–H and O–H groups in total. The van der Waals surface area contributed by atoms with Gasteiger partial charge in [-0.1, -0.05) is 22.0 Å². The summed E-state index contributed by atoms with van der Waals surface area (Å²) in [6.45, 7) is 2.18. The van der Waals surface area contributed by atoms with Crippen LogP contribution in [0.2, 0.25) is 0 Å². The topological polar surface area (TPSA) is 81.5 Å². The SMILES string of the molecule is COCC(C)NC(=O)c1ccc(CBr)c([N+](=O)[O-])c1. The number of nitro groups is 1. The van der Waals surface area contributed by atoms with E-state index in [0.717, 1.165) is 0 Å². The maximum absolute atomic E-state index is 11.9. The van der Waals surface area contributed by atoms with Gasteiger partial charge in [-0.2, -0.15) is 0 Å². The van der Waals surface area contributed by atoms with E-state index in [1.807, 2.05) is 0 Å². The van der Waals surface area contributed by atoms with E-state index in [1.54, 1.807) is 19.1 Å². The van der Waals surface area contributed by atoms with Crippen molar-refractivity contribution in [2.75, 3.05) is 13.7 Å². The molecule has 0 fully saturated rings. The summed E-state index contributed by atoms with van der Waals surface area (Å²) in [5, 5.41) is 14.0. The first-order valence-electron chi connectivity index (χ1n) is 5.62. The normalized spacial score (nSPS) is 11.9. The van der Waals surface area contributed by atoms with Gasteiger partial charge in [0.05, 0.1) is 11.5 Å². The molecule has 1 amide bonds. The van der Waals surface area contributed by atoms with E-state index in [9.17, 15) is 14.9 Å². The average molecular weight is 331 g/mol. The van der Waals surface area contributed by atoms with Gasteiger partial charge in [-0.15, -0.1) is 0 Å². The highest BCUT2D eigenvalue weighted by Crippen LogP contribution is 2.22. The van der Waals surface area contributed by atoms with Crippen molar-refractivity contribution >= 4 is 27.5 Å². The first-order valence-corrected chi connectivity index (χ1v) is 6.74. The Bertz CT molecular complexity index is 479. The van der Waals surface area contributed by atoms with Gasteiger partial charge in [-0.3, -0.25) is 14.9 Å². The molecule has 1 aromatic carbocycles. The Morgan fingerprint density at radius 3 is 2.79 bits per heavy atom. The summed E-state index contributed by atoms with van der Waals surface area (Å²) >= 11 is 3.18. The molecular formula is C12H15BrN2O4. The number of alkyl halides is 1. The predicted molar refractivity (Wildman–Crippen MR) is 74.5 cm³/mol. The van der Waals surface area contributed by atoms with Gasteiger partial charge >= 0.3 is 0 Å². The van der Waals surface area contributed by atoms with Crippen molar-refractivity contribution in [3.05, 3.63) is 39.4 Å². The number of amides is 1. The number of methoxy groups -OCH3 is 1. The number of carbonyl (C=O) groups excluding carboxylic acids is 1. The van der Waals surface area contributed by atoms with Crippen molar-refractivity contribution in [3.63, 3.8) is 0 Å². The molecule has 0 heterocycles. The molecule has 0 spiro atoms. The maximum atomic E-state index is 11.9. The fourth-order valence-electron chi connectivity index (χ4n) is 1.59. The molecule has 0 bridgehead atoms. The smallest absolute Gasteiger partial charge is 0.274 e. The van der Waals surface area contributed by atoms with Gasteiger partial charge in [-0.25, -0.2) is 0 Å². The van der Waals surface area contributed by atoms with Crippen molar-refractivity contribution in [1.82, 2.24) is 5.32 Å². The van der Waals surface area contributed by atoms with Gasteiger partial charge in [0.25, 0.3) is 11.6 Å². The Morgan fingerprint density at radius 2 is 2.26 bits per heavy atom. The molecule has 1 atom stereocenters. The van der Waals surface area contributed by atoms with Gasteiger partial charge in [0.15, 0.2) is 0 Å². The molecule has 0 aliphatic rings. The van der Waals surface area contributed by atoms with E-state index in [0.29, 0.717) is 17.5 Å². The highest BCUT2D eigenvalue weighted by molar-refractivity contribution is 9.08. The van der Waals surface area contributed by atoms with Crippen LogP contribution in [0.5, 0.6) is 0 Å². The van der Waals surface area contributed by atoms with Crippen LogP contribution >= 0.6 is 15.9 Å². The zero-order valence-corrected chi connectivity index (χ0v) is 12.3. The summed E-state index contributed by atoms with van der Waals surface area (Å²) in [7, 11) is 1.54. The molecule has 1 aromatic rings. The quantitative estimate of drug-likeness (QED) is 0.492. The molecule has 6 nitrogen and oxygen atoms in total. The van der Waals surface area contributed by atoms with Crippen LogP contribution in [0.4, 0.5) is 5.69 Å². The van der Waals surface area contributed by atoms with Crippen LogP contribution in [-0.4, -0.2) is 30.6 Å². The summed E-state index contributed by atoms with van der Waals surface area (Å²) in [6.07, 6.45) is 0. The summed E-state index contributed by atoms with van der Waals surface area (Å²) < 4.78 is 4.91. The summed E-state index contributed by atoms with van der Waals surface area (Å²) in [4.78, 5) is 22.3. The predicted octanol–water partition coefficient (Wildman–Crippen LogP) is 2.25. The van der Waals surface area contributed by atoms with E-state index in [2.05, 4.69) is 21.2 Å². The van der Waals surface area contributed by atoms with Gasteiger partial charge < -0.3 is 10.1 Å². The molecule has 0 aliphatic heterocycles. The molecule has 19 heavy (non-hydrogen) atoms. The van der Waals surface area contributed by atoms with Crippen LogP contribution in [0, 0.1) is 10.1 Å². The molecule has 7 heteroatoms. The number of hydrogen-bond acceptors (Lipinski definition) is 4. The number of benzene rings is 1. The Labute approximate surface area is 119 Å². The van der Waals surface area contributed by atoms with Crippen LogP contribution in [0.1, 0.15) is 22.8 Å². The largest absolute Gasteiger partial charge is 0.383 e. The number of rotatable bonds is 6. The third-order valence-corrected chi connectivity index (χ3v) is 3.09. The summed E-state index contributed by atoms with van der Waals surface area (Å²) in [6, 6.07) is 4.26. The summed E-state index contributed by atoms with van der Waals surface area (Å²) in [5.74, 6) is -0.353. The second kappa shape index (κ2) is 7.20. The zero-order chi connectivity index (χ0) is 14.4. The number of hydrogen-bond donors (Lipinski definition) is 1. The van der Waals surface area contributed by atoms with Gasteiger partial charge in [0.2, 0.25) is 0 Å². The summed E-state index contributed by atoms with van der Waals surface area (Å²) in [5.41, 5.74) is 0.731. The lowest BCUT2D eigenvalue weighted by Gasteiger charge is -2.12. The van der Waals surface area contributed by atoms with E-state index in [1.165, 1.54) is 13.2 Å². The zero-order valence-electron chi connectivity index (χ0n) is 10.7. The van der Waals surface area contributed by atoms with Gasteiger partial charge in [-0.05, 0) is 13.0 Å². The van der Waals surface area contributed by atoms with Crippen LogP contribution in [-0.2, 0) is 10.1 Å². The van der Waals surface area contributed by atoms with Crippen LogP contribution < -0.4 is 5.32 Å². The number of nitrogens with one attached hydrogen (secondary N) is 1. The van der Waals surface area contributed by atoms with Crippen molar-refractivity contribution in [2.45, 2.75) is 18.3 Å². The van der Waals surface area contributed by atoms with E-state index in [-0.39, 0.29) is 23.2 Å². The number of nitro benzene ring substituents is 1. The second-order valence-corrected chi connectivity index (χ2v) is 4.62. The first-order chi connectivity index (χ1) is 8.99. The molecule has 0 radical (unpaired) electrons. The Kier molecular flexibility index (Phi) is 5.91. The minimum absolute atomic E-state index is 0.0658. The Morgan fingerprint density at radius 1 is 1.58 bits per heavy atom. The molecule has 0 aromatic heterocycles. The van der Waals surface area contributed by atoms with Crippen molar-refractivity contribution in [1.29, 1.82) is 0 Å². The van der Waals surface area contributed by atoms with Crippen LogP contribution in [0.25, 0.3) is 0 Å². The lowest BCUT2D eigenvalue weighted by atomic mass is 10.1. The lowest BCUT2D eigenvalue weighted by Crippen LogP contribution is -2.35. The third kappa shape index (κ3) is 4.29. The Hall–Kier alpha value is -1.47. The molecule has 0 aliphatic carbocycles.